The molecule has 0 aromatic rings. The fourth-order valence-corrected chi connectivity index (χ4v) is 3.28. The Morgan fingerprint density at radius 1 is 1.00 bits per heavy atom. The highest BCUT2D eigenvalue weighted by Crippen LogP contribution is 2.42. The van der Waals surface area contributed by atoms with E-state index in [1.807, 2.05) is 0 Å². The van der Waals surface area contributed by atoms with Gasteiger partial charge >= 0.3 is 0 Å². The summed E-state index contributed by atoms with van der Waals surface area (Å²) in [5, 5.41) is 0. The molecule has 0 aromatic carbocycles. The molecule has 3 unspecified atom stereocenters. The van der Waals surface area contributed by atoms with Gasteiger partial charge in [0, 0.05) is 0 Å². The van der Waals surface area contributed by atoms with Crippen molar-refractivity contribution in [1.82, 2.24) is 0 Å². The maximum atomic E-state index is 2.41. The Morgan fingerprint density at radius 3 is 2.07 bits per heavy atom. The van der Waals surface area contributed by atoms with E-state index in [4.69, 9.17) is 0 Å². The highest BCUT2D eigenvalue weighted by Gasteiger charge is 2.31. The second-order valence-corrected chi connectivity index (χ2v) is 5.89. The Balaban J connectivity index is 2.54. The highest BCUT2D eigenvalue weighted by atomic mass is 14.4. The zero-order valence-electron chi connectivity index (χ0n) is 10.7. The Labute approximate surface area is 90.5 Å². The first kappa shape index (κ1) is 12.1. The van der Waals surface area contributed by atoms with Gasteiger partial charge in [0.15, 0.2) is 0 Å². The zero-order valence-corrected chi connectivity index (χ0v) is 10.7. The van der Waals surface area contributed by atoms with Crippen LogP contribution in [-0.4, -0.2) is 0 Å². The van der Waals surface area contributed by atoms with Crippen molar-refractivity contribution in [2.75, 3.05) is 0 Å². The largest absolute Gasteiger partial charge is 0.0651 e. The molecule has 0 amide bonds. The summed E-state index contributed by atoms with van der Waals surface area (Å²) in [6, 6.07) is 0. The Hall–Kier alpha value is 0. The molecule has 84 valence electrons. The van der Waals surface area contributed by atoms with Gasteiger partial charge in [-0.25, -0.2) is 0 Å². The summed E-state index contributed by atoms with van der Waals surface area (Å²) in [6.07, 6.45) is 5.86. The van der Waals surface area contributed by atoms with Gasteiger partial charge in [0.2, 0.25) is 0 Å². The van der Waals surface area contributed by atoms with Gasteiger partial charge in [0.05, 0.1) is 0 Å². The molecule has 1 fully saturated rings. The fourth-order valence-electron chi connectivity index (χ4n) is 3.28. The third-order valence-corrected chi connectivity index (χ3v) is 4.41. The first-order chi connectivity index (χ1) is 6.56. The lowest BCUT2D eigenvalue weighted by Crippen LogP contribution is -2.30. The summed E-state index contributed by atoms with van der Waals surface area (Å²) in [5.74, 6) is 4.83. The van der Waals surface area contributed by atoms with E-state index < -0.39 is 0 Å². The molecule has 0 bridgehead atoms. The maximum Gasteiger partial charge on any atom is -0.0363 e. The predicted molar refractivity (Wildman–Crippen MR) is 64.3 cm³/mol. The van der Waals surface area contributed by atoms with Crippen molar-refractivity contribution in [2.45, 2.75) is 60.3 Å². The molecule has 1 rings (SSSR count). The van der Waals surface area contributed by atoms with E-state index in [0.29, 0.717) is 0 Å². The van der Waals surface area contributed by atoms with Crippen LogP contribution in [0.4, 0.5) is 0 Å². The molecular formula is C14H28. The fraction of sp³-hybridized carbons (Fsp3) is 1.00. The number of hydrogen-bond acceptors (Lipinski definition) is 0. The summed E-state index contributed by atoms with van der Waals surface area (Å²) < 4.78 is 0. The van der Waals surface area contributed by atoms with Gasteiger partial charge in [-0.1, -0.05) is 41.0 Å². The molecule has 0 heteroatoms. The highest BCUT2D eigenvalue weighted by molar-refractivity contribution is 4.82. The SMILES string of the molecule is CCC1CC(C(C)C)CCC1C(C)C. The van der Waals surface area contributed by atoms with Gasteiger partial charge in [0.1, 0.15) is 0 Å². The average molecular weight is 196 g/mol. The second kappa shape index (κ2) is 5.19. The van der Waals surface area contributed by atoms with Gasteiger partial charge in [-0.05, 0) is 48.9 Å². The van der Waals surface area contributed by atoms with Crippen LogP contribution in [-0.2, 0) is 0 Å². The molecule has 14 heavy (non-hydrogen) atoms. The van der Waals surface area contributed by atoms with Crippen LogP contribution >= 0.6 is 0 Å². The summed E-state index contributed by atoms with van der Waals surface area (Å²) in [4.78, 5) is 0. The Bertz CT molecular complexity index is 157. The number of rotatable bonds is 3. The molecule has 0 aliphatic heterocycles. The minimum Gasteiger partial charge on any atom is -0.0651 e. The van der Waals surface area contributed by atoms with E-state index in [1.54, 1.807) is 0 Å². The van der Waals surface area contributed by atoms with Crippen LogP contribution in [0, 0.1) is 29.6 Å². The Kier molecular flexibility index (Phi) is 4.47. The molecule has 3 atom stereocenters. The third-order valence-electron chi connectivity index (χ3n) is 4.41. The smallest absolute Gasteiger partial charge is 0.0363 e. The molecule has 0 aromatic heterocycles. The van der Waals surface area contributed by atoms with E-state index in [0.717, 1.165) is 29.6 Å². The first-order valence-electron chi connectivity index (χ1n) is 6.56. The van der Waals surface area contributed by atoms with Crippen molar-refractivity contribution in [2.24, 2.45) is 29.6 Å². The van der Waals surface area contributed by atoms with Crippen LogP contribution in [0.2, 0.25) is 0 Å². The molecule has 0 spiro atoms. The predicted octanol–water partition coefficient (Wildman–Crippen LogP) is 4.74. The summed E-state index contributed by atoms with van der Waals surface area (Å²) in [5.41, 5.74) is 0. The van der Waals surface area contributed by atoms with Crippen molar-refractivity contribution in [3.8, 4) is 0 Å². The molecule has 0 nitrogen and oxygen atoms in total. The minimum absolute atomic E-state index is 0.896. The van der Waals surface area contributed by atoms with E-state index >= 15 is 0 Å². The van der Waals surface area contributed by atoms with Crippen molar-refractivity contribution in [3.05, 3.63) is 0 Å². The molecular weight excluding hydrogens is 168 g/mol. The monoisotopic (exact) mass is 196 g/mol. The van der Waals surface area contributed by atoms with Gasteiger partial charge in [0.25, 0.3) is 0 Å². The third kappa shape index (κ3) is 2.74. The minimum atomic E-state index is 0.896. The van der Waals surface area contributed by atoms with Crippen LogP contribution in [0.25, 0.3) is 0 Å². The maximum absolute atomic E-state index is 2.41. The average Bonchev–Trinajstić information content (AvgIpc) is 2.16. The lowest BCUT2D eigenvalue weighted by molar-refractivity contribution is 0.111. The van der Waals surface area contributed by atoms with Gasteiger partial charge in [-0.2, -0.15) is 0 Å². The van der Waals surface area contributed by atoms with Crippen molar-refractivity contribution in [3.63, 3.8) is 0 Å². The van der Waals surface area contributed by atoms with Gasteiger partial charge in [-0.3, -0.25) is 0 Å². The molecule has 0 radical (unpaired) electrons. The van der Waals surface area contributed by atoms with E-state index in [2.05, 4.69) is 34.6 Å². The number of hydrogen-bond donors (Lipinski definition) is 0. The summed E-state index contributed by atoms with van der Waals surface area (Å²) in [6.45, 7) is 12.0. The first-order valence-corrected chi connectivity index (χ1v) is 6.56. The standard InChI is InChI=1S/C14H28/c1-6-12-9-13(10(2)3)7-8-14(12)11(4)5/h10-14H,6-9H2,1-5H3. The molecule has 1 aliphatic carbocycles. The van der Waals surface area contributed by atoms with Crippen LogP contribution in [0.1, 0.15) is 60.3 Å². The lowest BCUT2D eigenvalue weighted by Gasteiger charge is -2.39. The van der Waals surface area contributed by atoms with Crippen LogP contribution < -0.4 is 0 Å². The van der Waals surface area contributed by atoms with E-state index in [9.17, 15) is 0 Å². The molecule has 0 heterocycles. The molecule has 0 N–H and O–H groups in total. The zero-order chi connectivity index (χ0) is 10.7. The lowest BCUT2D eigenvalue weighted by atomic mass is 9.66. The Morgan fingerprint density at radius 2 is 1.64 bits per heavy atom. The molecule has 1 aliphatic rings. The molecule has 0 saturated heterocycles. The molecule has 1 saturated carbocycles. The van der Waals surface area contributed by atoms with Crippen LogP contribution in [0.15, 0.2) is 0 Å². The quantitative estimate of drug-likeness (QED) is 0.611. The van der Waals surface area contributed by atoms with Crippen LogP contribution in [0.3, 0.4) is 0 Å². The van der Waals surface area contributed by atoms with Crippen molar-refractivity contribution < 1.29 is 0 Å². The summed E-state index contributed by atoms with van der Waals surface area (Å²) >= 11 is 0. The summed E-state index contributed by atoms with van der Waals surface area (Å²) in [7, 11) is 0. The van der Waals surface area contributed by atoms with Gasteiger partial charge < -0.3 is 0 Å². The van der Waals surface area contributed by atoms with E-state index in [-0.39, 0.29) is 0 Å². The van der Waals surface area contributed by atoms with Crippen molar-refractivity contribution in [1.29, 1.82) is 0 Å². The van der Waals surface area contributed by atoms with Crippen molar-refractivity contribution >= 4 is 0 Å². The van der Waals surface area contributed by atoms with Crippen LogP contribution in [0.5, 0.6) is 0 Å². The second-order valence-electron chi connectivity index (χ2n) is 5.89. The normalized spacial score (nSPS) is 34.1. The van der Waals surface area contributed by atoms with Gasteiger partial charge in [-0.15, -0.1) is 0 Å². The van der Waals surface area contributed by atoms with E-state index in [1.165, 1.54) is 25.7 Å². The topological polar surface area (TPSA) is 0 Å².